The van der Waals surface area contributed by atoms with Crippen molar-refractivity contribution in [3.05, 3.63) is 82.5 Å². The van der Waals surface area contributed by atoms with Crippen LogP contribution in [0.3, 0.4) is 0 Å². The van der Waals surface area contributed by atoms with Gasteiger partial charge in [-0.3, -0.25) is 9.48 Å². The predicted molar refractivity (Wildman–Crippen MR) is 92.2 cm³/mol. The Labute approximate surface area is 152 Å². The molecule has 0 unspecified atom stereocenters. The standard InChI is InChI=1S/C18H13ClF3N3O/c19-15-11-25(10-12-5-2-1-3-6-12)24-16(15)23-17(26)13-7-4-8-14(9-13)18(20,21)22/h1-9,11H,10H2,(H,23,24,26). The Morgan fingerprint density at radius 3 is 2.54 bits per heavy atom. The van der Waals surface area contributed by atoms with Gasteiger partial charge in [-0.25, -0.2) is 0 Å². The van der Waals surface area contributed by atoms with Crippen LogP contribution in [0.15, 0.2) is 60.8 Å². The highest BCUT2D eigenvalue weighted by atomic mass is 35.5. The van der Waals surface area contributed by atoms with E-state index in [0.29, 0.717) is 6.54 Å². The second-order valence-electron chi connectivity index (χ2n) is 5.54. The van der Waals surface area contributed by atoms with Crippen LogP contribution in [0.5, 0.6) is 0 Å². The number of carbonyl (C=O) groups excluding carboxylic acids is 1. The molecule has 0 aliphatic rings. The summed E-state index contributed by atoms with van der Waals surface area (Å²) in [5.74, 6) is -0.632. The Kier molecular flexibility index (Phi) is 4.99. The Balaban J connectivity index is 1.76. The van der Waals surface area contributed by atoms with Crippen LogP contribution in [0.25, 0.3) is 0 Å². The summed E-state index contributed by atoms with van der Waals surface area (Å²) < 4.78 is 39.8. The van der Waals surface area contributed by atoms with E-state index in [1.165, 1.54) is 18.3 Å². The van der Waals surface area contributed by atoms with Gasteiger partial charge < -0.3 is 5.32 Å². The minimum atomic E-state index is -4.52. The first-order chi connectivity index (χ1) is 12.3. The van der Waals surface area contributed by atoms with Crippen molar-refractivity contribution in [3.63, 3.8) is 0 Å². The summed E-state index contributed by atoms with van der Waals surface area (Å²) >= 11 is 6.07. The fourth-order valence-corrected chi connectivity index (χ4v) is 2.55. The lowest BCUT2D eigenvalue weighted by Crippen LogP contribution is -2.15. The lowest BCUT2D eigenvalue weighted by atomic mass is 10.1. The highest BCUT2D eigenvalue weighted by Gasteiger charge is 2.31. The fourth-order valence-electron chi connectivity index (χ4n) is 2.35. The topological polar surface area (TPSA) is 46.9 Å². The lowest BCUT2D eigenvalue weighted by Gasteiger charge is -2.08. The summed E-state index contributed by atoms with van der Waals surface area (Å²) in [5.41, 5.74) is -0.0400. The smallest absolute Gasteiger partial charge is 0.304 e. The number of alkyl halides is 3. The monoisotopic (exact) mass is 379 g/mol. The number of amides is 1. The van der Waals surface area contributed by atoms with E-state index >= 15 is 0 Å². The average Bonchev–Trinajstić information content (AvgIpc) is 2.94. The van der Waals surface area contributed by atoms with Gasteiger partial charge in [0.2, 0.25) is 0 Å². The van der Waals surface area contributed by atoms with E-state index in [1.54, 1.807) is 4.68 Å². The van der Waals surface area contributed by atoms with Crippen LogP contribution < -0.4 is 5.32 Å². The Hall–Kier alpha value is -2.80. The normalized spacial score (nSPS) is 11.4. The van der Waals surface area contributed by atoms with Crippen LogP contribution >= 0.6 is 11.6 Å². The number of nitrogens with one attached hydrogen (secondary N) is 1. The molecule has 0 atom stereocenters. The molecule has 1 heterocycles. The van der Waals surface area contributed by atoms with Gasteiger partial charge in [-0.05, 0) is 23.8 Å². The molecule has 2 aromatic carbocycles. The first-order valence-electron chi connectivity index (χ1n) is 7.58. The third-order valence-corrected chi connectivity index (χ3v) is 3.87. The van der Waals surface area contributed by atoms with E-state index in [1.807, 2.05) is 30.3 Å². The Morgan fingerprint density at radius 1 is 1.12 bits per heavy atom. The molecule has 3 rings (SSSR count). The van der Waals surface area contributed by atoms with Crippen molar-refractivity contribution in [1.82, 2.24) is 9.78 Å². The Bertz CT molecular complexity index is 923. The maximum absolute atomic E-state index is 12.8. The molecule has 0 saturated heterocycles. The van der Waals surface area contributed by atoms with Crippen LogP contribution in [0.4, 0.5) is 19.0 Å². The number of aromatic nitrogens is 2. The summed E-state index contributed by atoms with van der Waals surface area (Å²) in [4.78, 5) is 12.2. The lowest BCUT2D eigenvalue weighted by molar-refractivity contribution is -0.137. The number of rotatable bonds is 4. The van der Waals surface area contributed by atoms with E-state index in [2.05, 4.69) is 10.4 Å². The number of hydrogen-bond donors (Lipinski definition) is 1. The molecular formula is C18H13ClF3N3O. The molecule has 0 aliphatic carbocycles. The van der Waals surface area contributed by atoms with Crippen molar-refractivity contribution in [2.75, 3.05) is 5.32 Å². The third-order valence-electron chi connectivity index (χ3n) is 3.59. The molecule has 4 nitrogen and oxygen atoms in total. The first kappa shape index (κ1) is 18.0. The van der Waals surface area contributed by atoms with Crippen molar-refractivity contribution in [2.24, 2.45) is 0 Å². The summed E-state index contributed by atoms with van der Waals surface area (Å²) in [6, 6.07) is 13.6. The number of carbonyl (C=O) groups is 1. The van der Waals surface area contributed by atoms with Crippen molar-refractivity contribution in [2.45, 2.75) is 12.7 Å². The van der Waals surface area contributed by atoms with Crippen molar-refractivity contribution >= 4 is 23.3 Å². The van der Waals surface area contributed by atoms with E-state index in [4.69, 9.17) is 11.6 Å². The third kappa shape index (κ3) is 4.23. The largest absolute Gasteiger partial charge is 0.416 e. The highest BCUT2D eigenvalue weighted by Crippen LogP contribution is 2.30. The molecule has 1 N–H and O–H groups in total. The van der Waals surface area contributed by atoms with Crippen molar-refractivity contribution in [3.8, 4) is 0 Å². The molecule has 3 aromatic rings. The SMILES string of the molecule is O=C(Nc1nn(Cc2ccccc2)cc1Cl)c1cccc(C(F)(F)F)c1. The molecule has 0 aliphatic heterocycles. The van der Waals surface area contributed by atoms with Gasteiger partial charge in [-0.2, -0.15) is 18.3 Å². The highest BCUT2D eigenvalue weighted by molar-refractivity contribution is 6.33. The Morgan fingerprint density at radius 2 is 1.85 bits per heavy atom. The van der Waals surface area contributed by atoms with Gasteiger partial charge in [0, 0.05) is 11.8 Å². The minimum absolute atomic E-state index is 0.0880. The molecule has 26 heavy (non-hydrogen) atoms. The van der Waals surface area contributed by atoms with Gasteiger partial charge >= 0.3 is 6.18 Å². The van der Waals surface area contributed by atoms with Gasteiger partial charge in [0.1, 0.15) is 5.02 Å². The van der Waals surface area contributed by atoms with Crippen molar-refractivity contribution in [1.29, 1.82) is 0 Å². The number of benzene rings is 2. The maximum Gasteiger partial charge on any atom is 0.416 e. The molecule has 0 spiro atoms. The van der Waals surface area contributed by atoms with Crippen molar-refractivity contribution < 1.29 is 18.0 Å². The number of halogens is 4. The van der Waals surface area contributed by atoms with E-state index < -0.39 is 17.6 Å². The van der Waals surface area contributed by atoms with Crippen LogP contribution in [0.1, 0.15) is 21.5 Å². The van der Waals surface area contributed by atoms with Gasteiger partial charge in [0.05, 0.1) is 12.1 Å². The van der Waals surface area contributed by atoms with Gasteiger partial charge in [0.25, 0.3) is 5.91 Å². The molecule has 0 radical (unpaired) electrons. The van der Waals surface area contributed by atoms with Gasteiger partial charge in [0.15, 0.2) is 5.82 Å². The quantitative estimate of drug-likeness (QED) is 0.704. The van der Waals surface area contributed by atoms with Crippen LogP contribution in [0, 0.1) is 0 Å². The van der Waals surface area contributed by atoms with E-state index in [9.17, 15) is 18.0 Å². The zero-order valence-corrected chi connectivity index (χ0v) is 14.1. The van der Waals surface area contributed by atoms with Gasteiger partial charge in [-0.1, -0.05) is 48.0 Å². The molecule has 1 aromatic heterocycles. The predicted octanol–water partition coefficient (Wildman–Crippen LogP) is 4.86. The summed E-state index contributed by atoms with van der Waals surface area (Å²) in [5, 5.41) is 6.81. The second-order valence-corrected chi connectivity index (χ2v) is 5.95. The number of nitrogens with zero attached hydrogens (tertiary/aromatic N) is 2. The molecule has 0 bridgehead atoms. The average molecular weight is 380 g/mol. The molecule has 1 amide bonds. The van der Waals surface area contributed by atoms with E-state index in [-0.39, 0.29) is 16.4 Å². The second kappa shape index (κ2) is 7.21. The summed E-state index contributed by atoms with van der Waals surface area (Å²) in [6.45, 7) is 0.444. The zero-order valence-electron chi connectivity index (χ0n) is 13.3. The molecule has 134 valence electrons. The minimum Gasteiger partial charge on any atom is -0.304 e. The first-order valence-corrected chi connectivity index (χ1v) is 7.96. The zero-order chi connectivity index (χ0) is 18.7. The number of anilines is 1. The molecule has 0 fully saturated rings. The molecule has 8 heteroatoms. The fraction of sp³-hybridized carbons (Fsp3) is 0.111. The van der Waals surface area contributed by atoms with Crippen LogP contribution in [-0.4, -0.2) is 15.7 Å². The maximum atomic E-state index is 12.8. The van der Waals surface area contributed by atoms with Gasteiger partial charge in [-0.15, -0.1) is 0 Å². The number of hydrogen-bond acceptors (Lipinski definition) is 2. The van der Waals surface area contributed by atoms with E-state index in [0.717, 1.165) is 17.7 Å². The molecular weight excluding hydrogens is 367 g/mol. The van der Waals surface area contributed by atoms with Crippen LogP contribution in [0.2, 0.25) is 5.02 Å². The van der Waals surface area contributed by atoms with Crippen LogP contribution in [-0.2, 0) is 12.7 Å². The summed E-state index contributed by atoms with van der Waals surface area (Å²) in [7, 11) is 0. The summed E-state index contributed by atoms with van der Waals surface area (Å²) in [6.07, 6.45) is -2.98. The molecule has 0 saturated carbocycles.